The summed E-state index contributed by atoms with van der Waals surface area (Å²) in [5.41, 5.74) is 0.0161. The number of halogens is 2. The molecule has 0 saturated heterocycles. The number of nitrogens with one attached hydrogen (secondary N) is 1. The van der Waals surface area contributed by atoms with Crippen molar-refractivity contribution in [3.63, 3.8) is 0 Å². The lowest BCUT2D eigenvalue weighted by molar-refractivity contribution is 0.266. The topological polar surface area (TPSA) is 67.2 Å². The van der Waals surface area contributed by atoms with Gasteiger partial charge < -0.3 is 10.4 Å². The Morgan fingerprint density at radius 2 is 2.44 bits per heavy atom. The third-order valence-electron chi connectivity index (χ3n) is 1.77. The van der Waals surface area contributed by atoms with Crippen molar-refractivity contribution in [1.29, 1.82) is 0 Å². The zero-order valence-electron chi connectivity index (χ0n) is 8.41. The molecule has 5 nitrogen and oxygen atoms in total. The predicted octanol–water partition coefficient (Wildman–Crippen LogP) is 1.21. The normalized spacial score (nSPS) is 10.2. The highest BCUT2D eigenvalue weighted by molar-refractivity contribution is 9.11. The fourth-order valence-corrected chi connectivity index (χ4v) is 1.39. The average molecular weight is 309 g/mol. The van der Waals surface area contributed by atoms with Crippen LogP contribution in [0.15, 0.2) is 22.1 Å². The maximum Gasteiger partial charge on any atom is 0.287 e. The van der Waals surface area contributed by atoms with Gasteiger partial charge >= 0.3 is 0 Å². The van der Waals surface area contributed by atoms with Crippen molar-refractivity contribution in [2.24, 2.45) is 0 Å². The molecule has 1 aromatic rings. The van der Waals surface area contributed by atoms with E-state index < -0.39 is 5.56 Å². The fraction of sp³-hybridized carbons (Fsp3) is 0.333. The minimum Gasteiger partial charge on any atom is -0.394 e. The van der Waals surface area contributed by atoms with Crippen molar-refractivity contribution in [2.75, 3.05) is 18.5 Å². The van der Waals surface area contributed by atoms with Gasteiger partial charge in [-0.25, -0.2) is 4.68 Å². The highest BCUT2D eigenvalue weighted by Crippen LogP contribution is 2.16. The van der Waals surface area contributed by atoms with Crippen LogP contribution < -0.4 is 10.9 Å². The molecule has 0 aliphatic rings. The molecule has 0 bridgehead atoms. The molecule has 88 valence electrons. The van der Waals surface area contributed by atoms with E-state index in [9.17, 15) is 4.79 Å². The number of nitrogens with zero attached hydrogens (tertiary/aromatic N) is 2. The van der Waals surface area contributed by atoms with E-state index >= 15 is 0 Å². The molecule has 1 aromatic heterocycles. The molecule has 0 aliphatic heterocycles. The van der Waals surface area contributed by atoms with Crippen LogP contribution in [0.2, 0.25) is 5.02 Å². The Morgan fingerprint density at radius 1 is 1.75 bits per heavy atom. The molecular formula is C9H11BrClN3O2. The van der Waals surface area contributed by atoms with Gasteiger partial charge in [0.15, 0.2) is 0 Å². The van der Waals surface area contributed by atoms with E-state index in [0.717, 1.165) is 9.16 Å². The lowest BCUT2D eigenvalue weighted by Crippen LogP contribution is -2.25. The molecule has 0 saturated carbocycles. The Hall–Kier alpha value is -0.850. The van der Waals surface area contributed by atoms with Crippen molar-refractivity contribution in [1.82, 2.24) is 9.78 Å². The second-order valence-electron chi connectivity index (χ2n) is 2.99. The van der Waals surface area contributed by atoms with Crippen LogP contribution in [0, 0.1) is 0 Å². The summed E-state index contributed by atoms with van der Waals surface area (Å²) >= 11 is 9.03. The summed E-state index contributed by atoms with van der Waals surface area (Å²) < 4.78 is 1.85. The van der Waals surface area contributed by atoms with Gasteiger partial charge in [0.05, 0.1) is 25.0 Å². The first-order valence-electron chi connectivity index (χ1n) is 4.50. The SMILES string of the molecule is C=C(Br)CNc1cnn(CCO)c(=O)c1Cl. The molecular weight excluding hydrogens is 297 g/mol. The van der Waals surface area contributed by atoms with Crippen molar-refractivity contribution in [3.8, 4) is 0 Å². The molecule has 0 unspecified atom stereocenters. The molecule has 2 N–H and O–H groups in total. The number of hydrogen-bond donors (Lipinski definition) is 2. The molecule has 16 heavy (non-hydrogen) atoms. The molecule has 0 aliphatic carbocycles. The Bertz CT molecular complexity index is 447. The number of anilines is 1. The summed E-state index contributed by atoms with van der Waals surface area (Å²) in [6.45, 7) is 4.06. The van der Waals surface area contributed by atoms with Gasteiger partial charge in [-0.2, -0.15) is 5.10 Å². The molecule has 0 fully saturated rings. The number of aliphatic hydroxyl groups excluding tert-OH is 1. The monoisotopic (exact) mass is 307 g/mol. The summed E-state index contributed by atoms with van der Waals surface area (Å²) in [7, 11) is 0. The van der Waals surface area contributed by atoms with Crippen LogP contribution >= 0.6 is 27.5 Å². The molecule has 0 spiro atoms. The first-order valence-corrected chi connectivity index (χ1v) is 5.67. The summed E-state index contributed by atoms with van der Waals surface area (Å²) in [5.74, 6) is 0. The van der Waals surface area contributed by atoms with E-state index in [4.69, 9.17) is 16.7 Å². The van der Waals surface area contributed by atoms with Crippen molar-refractivity contribution >= 4 is 33.2 Å². The smallest absolute Gasteiger partial charge is 0.287 e. The van der Waals surface area contributed by atoms with Gasteiger partial charge in [-0.3, -0.25) is 4.79 Å². The third kappa shape index (κ3) is 3.33. The lowest BCUT2D eigenvalue weighted by atomic mass is 10.4. The van der Waals surface area contributed by atoms with Crippen molar-refractivity contribution in [3.05, 3.63) is 32.6 Å². The highest BCUT2D eigenvalue weighted by Gasteiger charge is 2.08. The van der Waals surface area contributed by atoms with Gasteiger partial charge in [0.25, 0.3) is 5.56 Å². The number of aromatic nitrogens is 2. The van der Waals surface area contributed by atoms with Crippen LogP contribution in [0.1, 0.15) is 0 Å². The maximum absolute atomic E-state index is 11.6. The van der Waals surface area contributed by atoms with E-state index in [-0.39, 0.29) is 18.2 Å². The van der Waals surface area contributed by atoms with Crippen LogP contribution in [0.5, 0.6) is 0 Å². The zero-order valence-corrected chi connectivity index (χ0v) is 10.8. The summed E-state index contributed by atoms with van der Waals surface area (Å²) in [6.07, 6.45) is 1.44. The molecule has 0 amide bonds. The quantitative estimate of drug-likeness (QED) is 0.858. The van der Waals surface area contributed by atoms with Gasteiger partial charge in [-0.15, -0.1) is 0 Å². The molecule has 0 radical (unpaired) electrons. The Labute approximate surface area is 106 Å². The standard InChI is InChI=1S/C9H11BrClN3O2/c1-6(10)4-12-7-5-13-14(2-3-15)9(16)8(7)11/h5,12,15H,1-4H2. The van der Waals surface area contributed by atoms with Crippen LogP contribution in [-0.2, 0) is 6.54 Å². The molecule has 0 aromatic carbocycles. The Kier molecular flexibility index (Phi) is 4.98. The number of aliphatic hydroxyl groups is 1. The first-order chi connectivity index (χ1) is 7.56. The van der Waals surface area contributed by atoms with Crippen molar-refractivity contribution < 1.29 is 5.11 Å². The van der Waals surface area contributed by atoms with Gasteiger partial charge in [0.1, 0.15) is 5.02 Å². The van der Waals surface area contributed by atoms with Crippen LogP contribution in [0.25, 0.3) is 0 Å². The number of hydrogen-bond acceptors (Lipinski definition) is 4. The predicted molar refractivity (Wildman–Crippen MR) is 67.1 cm³/mol. The molecule has 7 heteroatoms. The van der Waals surface area contributed by atoms with E-state index in [2.05, 4.69) is 32.9 Å². The lowest BCUT2D eigenvalue weighted by Gasteiger charge is -2.08. The minimum absolute atomic E-state index is 0.0530. The van der Waals surface area contributed by atoms with E-state index in [1.165, 1.54) is 6.20 Å². The highest BCUT2D eigenvalue weighted by atomic mass is 79.9. The van der Waals surface area contributed by atoms with Gasteiger partial charge in [0, 0.05) is 11.0 Å². The average Bonchev–Trinajstić information content (AvgIpc) is 2.24. The largest absolute Gasteiger partial charge is 0.394 e. The van der Waals surface area contributed by atoms with Crippen LogP contribution in [0.4, 0.5) is 5.69 Å². The summed E-state index contributed by atoms with van der Waals surface area (Å²) in [4.78, 5) is 11.6. The Balaban J connectivity index is 2.93. The van der Waals surface area contributed by atoms with Gasteiger partial charge in [0.2, 0.25) is 0 Å². The fourth-order valence-electron chi connectivity index (χ4n) is 1.03. The summed E-state index contributed by atoms with van der Waals surface area (Å²) in [6, 6.07) is 0. The van der Waals surface area contributed by atoms with Gasteiger partial charge in [-0.05, 0) is 0 Å². The van der Waals surface area contributed by atoms with Gasteiger partial charge in [-0.1, -0.05) is 34.1 Å². The maximum atomic E-state index is 11.6. The third-order valence-corrected chi connectivity index (χ3v) is 2.41. The Morgan fingerprint density at radius 3 is 3.00 bits per heavy atom. The van der Waals surface area contributed by atoms with E-state index in [1.54, 1.807) is 0 Å². The molecule has 1 heterocycles. The van der Waals surface area contributed by atoms with Crippen molar-refractivity contribution in [2.45, 2.75) is 6.54 Å². The zero-order chi connectivity index (χ0) is 12.1. The second-order valence-corrected chi connectivity index (χ2v) is 4.49. The minimum atomic E-state index is -0.430. The second kappa shape index (κ2) is 6.03. The van der Waals surface area contributed by atoms with Crippen LogP contribution in [-0.4, -0.2) is 28.0 Å². The first kappa shape index (κ1) is 13.2. The molecule has 0 atom stereocenters. The number of rotatable bonds is 5. The summed E-state index contributed by atoms with van der Waals surface area (Å²) in [5, 5.41) is 15.5. The van der Waals surface area contributed by atoms with E-state index in [1.807, 2.05) is 0 Å². The van der Waals surface area contributed by atoms with Crippen LogP contribution in [0.3, 0.4) is 0 Å². The van der Waals surface area contributed by atoms with E-state index in [0.29, 0.717) is 12.2 Å². The molecule has 1 rings (SSSR count).